The van der Waals surface area contributed by atoms with E-state index >= 15 is 0 Å². The number of ether oxygens (including phenoxy) is 3. The number of aliphatic imine (C=N–C) groups is 1. The summed E-state index contributed by atoms with van der Waals surface area (Å²) < 4.78 is 16.0. The minimum absolute atomic E-state index is 0.519. The second kappa shape index (κ2) is 14.0. The van der Waals surface area contributed by atoms with Gasteiger partial charge in [0.2, 0.25) is 0 Å². The van der Waals surface area contributed by atoms with Crippen LogP contribution in [-0.2, 0) is 9.47 Å². The quantitative estimate of drug-likeness (QED) is 0.325. The van der Waals surface area contributed by atoms with Gasteiger partial charge in [-0.15, -0.1) is 0 Å². The van der Waals surface area contributed by atoms with E-state index in [9.17, 15) is 0 Å². The first-order chi connectivity index (χ1) is 12.2. The summed E-state index contributed by atoms with van der Waals surface area (Å²) in [5.74, 6) is 1.41. The van der Waals surface area contributed by atoms with Gasteiger partial charge < -0.3 is 24.8 Å². The molecule has 142 valence electrons. The monoisotopic (exact) mass is 391 g/mol. The summed E-state index contributed by atoms with van der Waals surface area (Å²) in [6, 6.07) is 5.19. The Bertz CT molecular complexity index is 516. The van der Waals surface area contributed by atoms with Crippen molar-refractivity contribution < 1.29 is 14.2 Å². The largest absolute Gasteiger partial charge is 0.492 e. The predicted molar refractivity (Wildman–Crippen MR) is 103 cm³/mol. The molecule has 0 aliphatic rings. The second-order valence-corrected chi connectivity index (χ2v) is 6.00. The van der Waals surface area contributed by atoms with Crippen molar-refractivity contribution in [1.82, 2.24) is 10.6 Å². The number of halogens is 2. The minimum Gasteiger partial charge on any atom is -0.492 e. The van der Waals surface area contributed by atoms with Gasteiger partial charge >= 0.3 is 0 Å². The highest BCUT2D eigenvalue weighted by Crippen LogP contribution is 2.27. The smallest absolute Gasteiger partial charge is 0.190 e. The molecule has 2 N–H and O–H groups in total. The third-order valence-corrected chi connectivity index (χ3v) is 3.71. The first-order valence-corrected chi connectivity index (χ1v) is 9.02. The van der Waals surface area contributed by atoms with E-state index in [4.69, 9.17) is 37.4 Å². The Hall–Kier alpha value is -1.21. The number of methoxy groups -OCH3 is 1. The van der Waals surface area contributed by atoms with Crippen LogP contribution < -0.4 is 15.4 Å². The fraction of sp³-hybridized carbons (Fsp3) is 0.588. The van der Waals surface area contributed by atoms with Crippen molar-refractivity contribution >= 4 is 29.2 Å². The molecule has 0 spiro atoms. The standard InChI is InChI=1S/C17H27Cl2N3O3/c1-20-17(21-7-3-9-24-12-11-23-2)22-8-4-10-25-16-6-5-14(18)13-15(16)19/h5-6,13H,3-4,7-12H2,1-2H3,(H2,20,21,22). The molecule has 0 radical (unpaired) electrons. The molecule has 0 unspecified atom stereocenters. The minimum atomic E-state index is 0.519. The third-order valence-electron chi connectivity index (χ3n) is 3.18. The lowest BCUT2D eigenvalue weighted by Gasteiger charge is -2.12. The van der Waals surface area contributed by atoms with Crippen molar-refractivity contribution in [2.75, 3.05) is 53.7 Å². The highest BCUT2D eigenvalue weighted by molar-refractivity contribution is 6.35. The van der Waals surface area contributed by atoms with Gasteiger partial charge in [0, 0.05) is 38.9 Å². The summed E-state index contributed by atoms with van der Waals surface area (Å²) in [5, 5.41) is 7.58. The summed E-state index contributed by atoms with van der Waals surface area (Å²) in [5.41, 5.74) is 0. The van der Waals surface area contributed by atoms with E-state index in [1.807, 2.05) is 0 Å². The lowest BCUT2D eigenvalue weighted by molar-refractivity contribution is 0.0698. The van der Waals surface area contributed by atoms with Crippen LogP contribution in [0.5, 0.6) is 5.75 Å². The van der Waals surface area contributed by atoms with Gasteiger partial charge in [-0.1, -0.05) is 23.2 Å². The Morgan fingerprint density at radius 2 is 1.76 bits per heavy atom. The average molecular weight is 392 g/mol. The summed E-state index contributed by atoms with van der Waals surface area (Å²) >= 11 is 11.9. The fourth-order valence-electron chi connectivity index (χ4n) is 1.90. The maximum absolute atomic E-state index is 6.05. The number of guanidine groups is 1. The summed E-state index contributed by atoms with van der Waals surface area (Å²) in [6.45, 7) is 4.04. The van der Waals surface area contributed by atoms with Crippen molar-refractivity contribution in [3.8, 4) is 5.75 Å². The Balaban J connectivity index is 2.07. The van der Waals surface area contributed by atoms with Crippen LogP contribution >= 0.6 is 23.2 Å². The van der Waals surface area contributed by atoms with Crippen molar-refractivity contribution in [2.45, 2.75) is 12.8 Å². The first kappa shape index (κ1) is 21.8. The molecule has 0 aliphatic heterocycles. The molecule has 6 nitrogen and oxygen atoms in total. The van der Waals surface area contributed by atoms with Gasteiger partial charge in [0.05, 0.1) is 24.8 Å². The molecule has 0 amide bonds. The van der Waals surface area contributed by atoms with Crippen molar-refractivity contribution in [3.05, 3.63) is 28.2 Å². The molecule has 1 rings (SSSR count). The Kier molecular flexibility index (Phi) is 12.2. The zero-order valence-electron chi connectivity index (χ0n) is 14.8. The van der Waals surface area contributed by atoms with Gasteiger partial charge in [-0.3, -0.25) is 4.99 Å². The molecule has 25 heavy (non-hydrogen) atoms. The van der Waals surface area contributed by atoms with Crippen LogP contribution in [-0.4, -0.2) is 59.6 Å². The van der Waals surface area contributed by atoms with Gasteiger partial charge in [-0.2, -0.15) is 0 Å². The molecule has 1 aromatic rings. The number of benzene rings is 1. The van der Waals surface area contributed by atoms with Gasteiger partial charge in [0.25, 0.3) is 0 Å². The van der Waals surface area contributed by atoms with E-state index < -0.39 is 0 Å². The number of rotatable bonds is 12. The maximum Gasteiger partial charge on any atom is 0.190 e. The zero-order chi connectivity index (χ0) is 18.3. The van der Waals surface area contributed by atoms with Gasteiger partial charge in [0.15, 0.2) is 5.96 Å². The SMILES string of the molecule is CN=C(NCCCOCCOC)NCCCOc1ccc(Cl)cc1Cl. The van der Waals surface area contributed by atoms with Crippen LogP contribution in [0.15, 0.2) is 23.2 Å². The summed E-state index contributed by atoms with van der Waals surface area (Å²) in [6.07, 6.45) is 1.72. The van der Waals surface area contributed by atoms with E-state index in [-0.39, 0.29) is 0 Å². The van der Waals surface area contributed by atoms with Crippen molar-refractivity contribution in [2.24, 2.45) is 4.99 Å². The molecule has 1 aromatic carbocycles. The normalized spacial score (nSPS) is 11.4. The van der Waals surface area contributed by atoms with Gasteiger partial charge in [-0.25, -0.2) is 0 Å². The van der Waals surface area contributed by atoms with E-state index in [1.165, 1.54) is 0 Å². The fourth-order valence-corrected chi connectivity index (χ4v) is 2.36. The van der Waals surface area contributed by atoms with Crippen LogP contribution in [0.3, 0.4) is 0 Å². The molecule has 0 aromatic heterocycles. The predicted octanol–water partition coefficient (Wildman–Crippen LogP) is 2.98. The molecule has 0 aliphatic carbocycles. The second-order valence-electron chi connectivity index (χ2n) is 5.16. The first-order valence-electron chi connectivity index (χ1n) is 8.26. The van der Waals surface area contributed by atoms with E-state index in [1.54, 1.807) is 32.4 Å². The molecular weight excluding hydrogens is 365 g/mol. The van der Waals surface area contributed by atoms with Crippen LogP contribution in [0, 0.1) is 0 Å². The molecule has 0 fully saturated rings. The lowest BCUT2D eigenvalue weighted by atomic mass is 10.3. The van der Waals surface area contributed by atoms with Crippen LogP contribution in [0.25, 0.3) is 0 Å². The summed E-state index contributed by atoms with van der Waals surface area (Å²) in [4.78, 5) is 4.17. The Labute approximate surface area is 159 Å². The number of nitrogens with zero attached hydrogens (tertiary/aromatic N) is 1. The van der Waals surface area contributed by atoms with Crippen LogP contribution in [0.2, 0.25) is 10.0 Å². The molecule has 0 atom stereocenters. The van der Waals surface area contributed by atoms with E-state index in [2.05, 4.69) is 15.6 Å². The number of nitrogens with one attached hydrogen (secondary N) is 2. The van der Waals surface area contributed by atoms with Crippen LogP contribution in [0.1, 0.15) is 12.8 Å². The third kappa shape index (κ3) is 10.4. The Morgan fingerprint density at radius 3 is 2.40 bits per heavy atom. The highest BCUT2D eigenvalue weighted by atomic mass is 35.5. The number of hydrogen-bond acceptors (Lipinski definition) is 4. The van der Waals surface area contributed by atoms with Gasteiger partial charge in [-0.05, 0) is 31.0 Å². The molecule has 0 heterocycles. The molecule has 0 saturated carbocycles. The molecule has 0 bridgehead atoms. The topological polar surface area (TPSA) is 64.1 Å². The van der Waals surface area contributed by atoms with E-state index in [0.717, 1.165) is 31.9 Å². The highest BCUT2D eigenvalue weighted by Gasteiger charge is 2.02. The van der Waals surface area contributed by atoms with Gasteiger partial charge in [0.1, 0.15) is 5.75 Å². The van der Waals surface area contributed by atoms with Crippen molar-refractivity contribution in [1.29, 1.82) is 0 Å². The Morgan fingerprint density at radius 1 is 1.04 bits per heavy atom. The molecule has 0 saturated heterocycles. The van der Waals surface area contributed by atoms with Crippen molar-refractivity contribution in [3.63, 3.8) is 0 Å². The maximum atomic E-state index is 6.05. The lowest BCUT2D eigenvalue weighted by Crippen LogP contribution is -2.38. The number of hydrogen-bond donors (Lipinski definition) is 2. The van der Waals surface area contributed by atoms with Crippen LogP contribution in [0.4, 0.5) is 0 Å². The van der Waals surface area contributed by atoms with E-state index in [0.29, 0.717) is 42.2 Å². The molecular formula is C17H27Cl2N3O3. The summed E-state index contributed by atoms with van der Waals surface area (Å²) in [7, 11) is 3.41. The molecule has 8 heteroatoms. The zero-order valence-corrected chi connectivity index (χ0v) is 16.3. The average Bonchev–Trinajstić information content (AvgIpc) is 2.60.